The van der Waals surface area contributed by atoms with Crippen LogP contribution in [0.1, 0.15) is 36.1 Å². The fraction of sp³-hybridized carbons (Fsp3) is 0.263. The second kappa shape index (κ2) is 7.12. The van der Waals surface area contributed by atoms with Gasteiger partial charge in [-0.3, -0.25) is 4.79 Å². The van der Waals surface area contributed by atoms with E-state index in [0.29, 0.717) is 30.1 Å². The van der Waals surface area contributed by atoms with Crippen LogP contribution >= 0.6 is 11.6 Å². The highest BCUT2D eigenvalue weighted by atomic mass is 35.5. The van der Waals surface area contributed by atoms with Crippen LogP contribution in [0.25, 0.3) is 0 Å². The first-order valence-electron chi connectivity index (χ1n) is 7.98. The van der Waals surface area contributed by atoms with Gasteiger partial charge in [-0.2, -0.15) is 5.26 Å². The number of nitriles is 1. The largest absolute Gasteiger partial charge is 0.378 e. The molecule has 2 aromatic carbocycles. The van der Waals surface area contributed by atoms with Crippen LogP contribution in [0.15, 0.2) is 36.4 Å². The van der Waals surface area contributed by atoms with Crippen molar-refractivity contribution in [3.05, 3.63) is 63.9 Å². The van der Waals surface area contributed by atoms with Crippen molar-refractivity contribution < 1.29 is 9.18 Å². The molecule has 1 aliphatic heterocycles. The van der Waals surface area contributed by atoms with Gasteiger partial charge in [-0.15, -0.1) is 0 Å². The molecule has 1 amide bonds. The highest BCUT2D eigenvalue weighted by Gasteiger charge is 2.24. The Kier molecular flexibility index (Phi) is 4.91. The van der Waals surface area contributed by atoms with Gasteiger partial charge >= 0.3 is 0 Å². The molecule has 1 aliphatic rings. The van der Waals surface area contributed by atoms with E-state index in [9.17, 15) is 9.18 Å². The molecule has 25 heavy (non-hydrogen) atoms. The van der Waals surface area contributed by atoms with Crippen molar-refractivity contribution >= 4 is 23.2 Å². The Hall–Kier alpha value is -2.58. The number of fused-ring (bicyclic) bond motifs is 1. The highest BCUT2D eigenvalue weighted by Crippen LogP contribution is 2.31. The fourth-order valence-corrected chi connectivity index (χ4v) is 3.31. The second-order valence-corrected chi connectivity index (χ2v) is 6.48. The number of carbonyl (C=O) groups excluding carboxylic acids is 1. The van der Waals surface area contributed by atoms with Crippen LogP contribution in [0.5, 0.6) is 0 Å². The van der Waals surface area contributed by atoms with Crippen LogP contribution in [0, 0.1) is 17.1 Å². The number of amides is 1. The van der Waals surface area contributed by atoms with Gasteiger partial charge in [0.15, 0.2) is 0 Å². The maximum Gasteiger partial charge on any atom is 0.219 e. The molecule has 1 atom stereocenters. The Morgan fingerprint density at radius 2 is 2.16 bits per heavy atom. The average Bonchev–Trinajstić information content (AvgIpc) is 2.74. The molecule has 1 heterocycles. The van der Waals surface area contributed by atoms with Crippen molar-refractivity contribution in [2.75, 3.05) is 11.9 Å². The zero-order chi connectivity index (χ0) is 18.0. The van der Waals surface area contributed by atoms with E-state index in [1.165, 1.54) is 19.1 Å². The summed E-state index contributed by atoms with van der Waals surface area (Å²) in [5, 5.41) is 12.8. The van der Waals surface area contributed by atoms with E-state index in [1.54, 1.807) is 29.2 Å². The van der Waals surface area contributed by atoms with E-state index in [-0.39, 0.29) is 17.8 Å². The van der Waals surface area contributed by atoms with E-state index in [1.807, 2.05) is 6.07 Å². The number of rotatable bonds is 2. The number of nitrogens with one attached hydrogen (secondary N) is 1. The lowest BCUT2D eigenvalue weighted by atomic mass is 9.98. The summed E-state index contributed by atoms with van der Waals surface area (Å²) in [5.74, 6) is -0.346. The number of halogens is 2. The zero-order valence-corrected chi connectivity index (χ0v) is 14.5. The van der Waals surface area contributed by atoms with Crippen LogP contribution in [-0.4, -0.2) is 17.4 Å². The molecule has 0 aromatic heterocycles. The molecular weight excluding hydrogens is 341 g/mol. The summed E-state index contributed by atoms with van der Waals surface area (Å²) in [5.41, 5.74) is 2.95. The molecule has 6 heteroatoms. The van der Waals surface area contributed by atoms with Crippen molar-refractivity contribution in [3.63, 3.8) is 0 Å². The van der Waals surface area contributed by atoms with Gasteiger partial charge in [0.25, 0.3) is 0 Å². The quantitative estimate of drug-likeness (QED) is 0.873. The van der Waals surface area contributed by atoms with Gasteiger partial charge in [0.2, 0.25) is 5.91 Å². The van der Waals surface area contributed by atoms with Gasteiger partial charge in [0.05, 0.1) is 16.6 Å². The van der Waals surface area contributed by atoms with E-state index in [0.717, 1.165) is 16.8 Å². The van der Waals surface area contributed by atoms with Crippen LogP contribution in [0.2, 0.25) is 5.02 Å². The summed E-state index contributed by atoms with van der Waals surface area (Å²) in [6.07, 6.45) is 0.690. The van der Waals surface area contributed by atoms with Crippen LogP contribution in [-0.2, 0) is 11.3 Å². The lowest BCUT2D eigenvalue weighted by Crippen LogP contribution is -2.28. The van der Waals surface area contributed by atoms with Gasteiger partial charge in [-0.25, -0.2) is 4.39 Å². The van der Waals surface area contributed by atoms with E-state index >= 15 is 0 Å². The van der Waals surface area contributed by atoms with E-state index in [2.05, 4.69) is 5.32 Å². The van der Waals surface area contributed by atoms with Crippen molar-refractivity contribution in [2.45, 2.75) is 25.9 Å². The van der Waals surface area contributed by atoms with Gasteiger partial charge in [-0.05, 0) is 47.9 Å². The number of anilines is 1. The molecule has 128 valence electrons. The Morgan fingerprint density at radius 3 is 2.84 bits per heavy atom. The zero-order valence-electron chi connectivity index (χ0n) is 13.7. The van der Waals surface area contributed by atoms with Crippen molar-refractivity contribution in [3.8, 4) is 6.07 Å². The summed E-state index contributed by atoms with van der Waals surface area (Å²) in [7, 11) is 0. The molecule has 0 aliphatic carbocycles. The summed E-state index contributed by atoms with van der Waals surface area (Å²) in [4.78, 5) is 13.5. The standard InChI is InChI=1S/C19H17ClFN3O/c1-12(25)24-7-6-19(17-5-3-15(21)8-14(17)11-24)23-16-4-2-13(10-22)18(20)9-16/h2-5,8-9,19,23H,6-7,11H2,1H3. The van der Waals surface area contributed by atoms with Crippen molar-refractivity contribution in [1.29, 1.82) is 5.26 Å². The minimum absolute atomic E-state index is 0.0303. The third-order valence-electron chi connectivity index (χ3n) is 4.41. The minimum atomic E-state index is -0.315. The molecule has 0 saturated heterocycles. The predicted octanol–water partition coefficient (Wildman–Crippen LogP) is 4.26. The van der Waals surface area contributed by atoms with Crippen LogP contribution in [0.3, 0.4) is 0 Å². The Bertz CT molecular complexity index is 862. The number of hydrogen-bond acceptors (Lipinski definition) is 3. The van der Waals surface area contributed by atoms with Crippen molar-refractivity contribution in [1.82, 2.24) is 4.90 Å². The van der Waals surface area contributed by atoms with Crippen LogP contribution in [0.4, 0.5) is 10.1 Å². The lowest BCUT2D eigenvalue weighted by Gasteiger charge is -2.21. The number of carbonyl (C=O) groups is 1. The topological polar surface area (TPSA) is 56.1 Å². The third kappa shape index (κ3) is 3.75. The molecule has 2 aromatic rings. The predicted molar refractivity (Wildman–Crippen MR) is 94.6 cm³/mol. The number of nitrogens with zero attached hydrogens (tertiary/aromatic N) is 2. The van der Waals surface area contributed by atoms with Gasteiger partial charge < -0.3 is 10.2 Å². The minimum Gasteiger partial charge on any atom is -0.378 e. The maximum atomic E-state index is 13.7. The number of hydrogen-bond donors (Lipinski definition) is 1. The monoisotopic (exact) mass is 357 g/mol. The number of benzene rings is 2. The summed E-state index contributed by atoms with van der Waals surface area (Å²) in [6.45, 7) is 2.50. The molecule has 0 saturated carbocycles. The molecule has 3 rings (SSSR count). The lowest BCUT2D eigenvalue weighted by molar-refractivity contribution is -0.129. The first-order chi connectivity index (χ1) is 12.0. The highest BCUT2D eigenvalue weighted by molar-refractivity contribution is 6.32. The Balaban J connectivity index is 1.93. The van der Waals surface area contributed by atoms with Gasteiger partial charge in [-0.1, -0.05) is 17.7 Å². The Morgan fingerprint density at radius 1 is 1.36 bits per heavy atom. The molecule has 0 spiro atoms. The molecule has 0 radical (unpaired) electrons. The summed E-state index contributed by atoms with van der Waals surface area (Å²) >= 11 is 6.10. The molecular formula is C19H17ClFN3O. The summed E-state index contributed by atoms with van der Waals surface area (Å²) in [6, 6.07) is 11.8. The fourth-order valence-electron chi connectivity index (χ4n) is 3.09. The molecule has 4 nitrogen and oxygen atoms in total. The average molecular weight is 358 g/mol. The van der Waals surface area contributed by atoms with Gasteiger partial charge in [0, 0.05) is 25.7 Å². The summed E-state index contributed by atoms with van der Waals surface area (Å²) < 4.78 is 13.7. The first kappa shape index (κ1) is 17.2. The Labute approximate surface area is 150 Å². The maximum absolute atomic E-state index is 13.7. The van der Waals surface area contributed by atoms with Crippen molar-refractivity contribution in [2.24, 2.45) is 0 Å². The van der Waals surface area contributed by atoms with E-state index < -0.39 is 0 Å². The molecule has 0 bridgehead atoms. The molecule has 1 N–H and O–H groups in total. The first-order valence-corrected chi connectivity index (χ1v) is 8.35. The smallest absolute Gasteiger partial charge is 0.219 e. The van der Waals surface area contributed by atoms with E-state index in [4.69, 9.17) is 16.9 Å². The molecule has 0 fully saturated rings. The molecule has 1 unspecified atom stereocenters. The SMILES string of the molecule is CC(=O)N1CCC(Nc2ccc(C#N)c(Cl)c2)c2ccc(F)cc2C1. The van der Waals surface area contributed by atoms with Crippen LogP contribution < -0.4 is 5.32 Å². The normalized spacial score (nSPS) is 16.6. The second-order valence-electron chi connectivity index (χ2n) is 6.08. The third-order valence-corrected chi connectivity index (χ3v) is 4.72. The van der Waals surface area contributed by atoms with Gasteiger partial charge in [0.1, 0.15) is 11.9 Å².